The summed E-state index contributed by atoms with van der Waals surface area (Å²) < 4.78 is 5.50. The summed E-state index contributed by atoms with van der Waals surface area (Å²) >= 11 is 0. The maximum atomic E-state index is 5.50. The van der Waals surface area contributed by atoms with Gasteiger partial charge in [-0.25, -0.2) is 0 Å². The van der Waals surface area contributed by atoms with Crippen molar-refractivity contribution in [3.63, 3.8) is 0 Å². The first-order chi connectivity index (χ1) is 7.61. The second-order valence-corrected chi connectivity index (χ2v) is 4.45. The van der Waals surface area contributed by atoms with E-state index in [1.165, 1.54) is 11.1 Å². The molecule has 2 heteroatoms. The SMILES string of the molecule is Cc1ccccc1[C@@H](C)NCCOC(C)C. The van der Waals surface area contributed by atoms with E-state index in [0.29, 0.717) is 12.1 Å². The minimum absolute atomic E-state index is 0.315. The van der Waals surface area contributed by atoms with E-state index in [1.54, 1.807) is 0 Å². The van der Waals surface area contributed by atoms with E-state index in [-0.39, 0.29) is 0 Å². The molecule has 16 heavy (non-hydrogen) atoms. The van der Waals surface area contributed by atoms with Gasteiger partial charge in [-0.05, 0) is 38.8 Å². The number of rotatable bonds is 6. The van der Waals surface area contributed by atoms with Crippen LogP contribution in [0.4, 0.5) is 0 Å². The standard InChI is InChI=1S/C14H23NO/c1-11(2)16-10-9-15-13(4)14-8-6-5-7-12(14)3/h5-8,11,13,15H,9-10H2,1-4H3/t13-/m1/s1. The van der Waals surface area contributed by atoms with Gasteiger partial charge in [0, 0.05) is 12.6 Å². The van der Waals surface area contributed by atoms with Crippen LogP contribution in [-0.2, 0) is 4.74 Å². The highest BCUT2D eigenvalue weighted by Gasteiger charge is 2.06. The third kappa shape index (κ3) is 4.33. The summed E-state index contributed by atoms with van der Waals surface area (Å²) in [4.78, 5) is 0. The Balaban J connectivity index is 2.35. The Bertz CT molecular complexity index is 309. The van der Waals surface area contributed by atoms with Crippen LogP contribution in [0.2, 0.25) is 0 Å². The minimum Gasteiger partial charge on any atom is -0.377 e. The Labute approximate surface area is 99.0 Å². The molecule has 1 atom stereocenters. The van der Waals surface area contributed by atoms with Gasteiger partial charge in [0.15, 0.2) is 0 Å². The summed E-state index contributed by atoms with van der Waals surface area (Å²) in [6.45, 7) is 10.1. The van der Waals surface area contributed by atoms with Gasteiger partial charge >= 0.3 is 0 Å². The quantitative estimate of drug-likeness (QED) is 0.745. The fraction of sp³-hybridized carbons (Fsp3) is 0.571. The normalized spacial score (nSPS) is 13.1. The first-order valence-electron chi connectivity index (χ1n) is 6.01. The van der Waals surface area contributed by atoms with E-state index < -0.39 is 0 Å². The van der Waals surface area contributed by atoms with Gasteiger partial charge in [-0.3, -0.25) is 0 Å². The van der Waals surface area contributed by atoms with Gasteiger partial charge in [0.1, 0.15) is 0 Å². The van der Waals surface area contributed by atoms with Crippen molar-refractivity contribution in [1.29, 1.82) is 0 Å². The summed E-state index contributed by atoms with van der Waals surface area (Å²) in [7, 11) is 0. The van der Waals surface area contributed by atoms with E-state index >= 15 is 0 Å². The molecule has 0 aromatic heterocycles. The van der Waals surface area contributed by atoms with Crippen molar-refractivity contribution >= 4 is 0 Å². The largest absolute Gasteiger partial charge is 0.377 e. The van der Waals surface area contributed by atoms with Crippen LogP contribution in [0.1, 0.15) is 37.9 Å². The molecule has 2 nitrogen and oxygen atoms in total. The molecule has 0 aliphatic carbocycles. The van der Waals surface area contributed by atoms with Crippen molar-refractivity contribution in [2.45, 2.75) is 39.8 Å². The van der Waals surface area contributed by atoms with Crippen LogP contribution in [0, 0.1) is 6.92 Å². The van der Waals surface area contributed by atoms with Crippen LogP contribution in [-0.4, -0.2) is 19.3 Å². The lowest BCUT2D eigenvalue weighted by molar-refractivity contribution is 0.0796. The van der Waals surface area contributed by atoms with Gasteiger partial charge in [0.25, 0.3) is 0 Å². The average Bonchev–Trinajstić information content (AvgIpc) is 2.24. The average molecular weight is 221 g/mol. The summed E-state index contributed by atoms with van der Waals surface area (Å²) in [6.07, 6.45) is 0.315. The van der Waals surface area contributed by atoms with Crippen LogP contribution in [0.5, 0.6) is 0 Å². The second-order valence-electron chi connectivity index (χ2n) is 4.45. The smallest absolute Gasteiger partial charge is 0.0594 e. The molecule has 1 N–H and O–H groups in total. The van der Waals surface area contributed by atoms with E-state index in [9.17, 15) is 0 Å². The highest BCUT2D eigenvalue weighted by Crippen LogP contribution is 2.16. The molecule has 0 spiro atoms. The molecule has 1 aromatic carbocycles. The summed E-state index contributed by atoms with van der Waals surface area (Å²) in [6, 6.07) is 8.88. The Morgan fingerprint density at radius 2 is 1.88 bits per heavy atom. The van der Waals surface area contributed by atoms with Crippen molar-refractivity contribution in [2.75, 3.05) is 13.2 Å². The number of aryl methyl sites for hydroxylation is 1. The maximum absolute atomic E-state index is 5.50. The van der Waals surface area contributed by atoms with Gasteiger partial charge in [-0.1, -0.05) is 24.3 Å². The van der Waals surface area contributed by atoms with Crippen molar-refractivity contribution < 1.29 is 4.74 Å². The summed E-state index contributed by atoms with van der Waals surface area (Å²) in [5.41, 5.74) is 2.71. The van der Waals surface area contributed by atoms with Crippen LogP contribution in [0.3, 0.4) is 0 Å². The number of hydrogen-bond acceptors (Lipinski definition) is 2. The fourth-order valence-corrected chi connectivity index (χ4v) is 1.75. The Hall–Kier alpha value is -0.860. The molecule has 0 radical (unpaired) electrons. The third-order valence-corrected chi connectivity index (χ3v) is 2.66. The van der Waals surface area contributed by atoms with Gasteiger partial charge in [0.2, 0.25) is 0 Å². The number of nitrogens with one attached hydrogen (secondary N) is 1. The second kappa shape index (κ2) is 6.66. The molecule has 0 saturated carbocycles. The molecular formula is C14H23NO. The van der Waals surface area contributed by atoms with Crippen molar-refractivity contribution in [2.24, 2.45) is 0 Å². The van der Waals surface area contributed by atoms with Crippen LogP contribution >= 0.6 is 0 Å². The number of ether oxygens (including phenoxy) is 1. The van der Waals surface area contributed by atoms with E-state index in [0.717, 1.165) is 13.2 Å². The topological polar surface area (TPSA) is 21.3 Å². The Morgan fingerprint density at radius 3 is 2.50 bits per heavy atom. The molecule has 0 fully saturated rings. The van der Waals surface area contributed by atoms with Crippen molar-refractivity contribution in [3.05, 3.63) is 35.4 Å². The molecule has 90 valence electrons. The van der Waals surface area contributed by atoms with Crippen LogP contribution in [0.15, 0.2) is 24.3 Å². The molecule has 0 saturated heterocycles. The Morgan fingerprint density at radius 1 is 1.19 bits per heavy atom. The highest BCUT2D eigenvalue weighted by atomic mass is 16.5. The highest BCUT2D eigenvalue weighted by molar-refractivity contribution is 5.28. The van der Waals surface area contributed by atoms with Crippen molar-refractivity contribution in [3.8, 4) is 0 Å². The predicted molar refractivity (Wildman–Crippen MR) is 68.7 cm³/mol. The first kappa shape index (κ1) is 13.2. The molecule has 0 aliphatic rings. The fourth-order valence-electron chi connectivity index (χ4n) is 1.75. The molecule has 0 bridgehead atoms. The van der Waals surface area contributed by atoms with E-state index in [1.807, 2.05) is 0 Å². The van der Waals surface area contributed by atoms with Gasteiger partial charge in [-0.15, -0.1) is 0 Å². The maximum Gasteiger partial charge on any atom is 0.0594 e. The Kier molecular flexibility index (Phi) is 5.50. The van der Waals surface area contributed by atoms with Crippen molar-refractivity contribution in [1.82, 2.24) is 5.32 Å². The van der Waals surface area contributed by atoms with Gasteiger partial charge < -0.3 is 10.1 Å². The lowest BCUT2D eigenvalue weighted by Gasteiger charge is -2.17. The molecule has 0 heterocycles. The van der Waals surface area contributed by atoms with Crippen LogP contribution < -0.4 is 5.32 Å². The van der Waals surface area contributed by atoms with Gasteiger partial charge in [-0.2, -0.15) is 0 Å². The molecule has 1 aromatic rings. The van der Waals surface area contributed by atoms with E-state index in [2.05, 4.69) is 57.3 Å². The molecule has 0 amide bonds. The number of benzene rings is 1. The summed E-state index contributed by atoms with van der Waals surface area (Å²) in [5, 5.41) is 3.47. The summed E-state index contributed by atoms with van der Waals surface area (Å²) in [5.74, 6) is 0. The molecule has 0 unspecified atom stereocenters. The van der Waals surface area contributed by atoms with E-state index in [4.69, 9.17) is 4.74 Å². The third-order valence-electron chi connectivity index (χ3n) is 2.66. The lowest BCUT2D eigenvalue weighted by atomic mass is 10.0. The predicted octanol–water partition coefficient (Wildman–Crippen LogP) is 3.07. The molecule has 1 rings (SSSR count). The zero-order valence-corrected chi connectivity index (χ0v) is 10.8. The van der Waals surface area contributed by atoms with Gasteiger partial charge in [0.05, 0.1) is 12.7 Å². The molecule has 0 aliphatic heterocycles. The first-order valence-corrected chi connectivity index (χ1v) is 6.01. The number of hydrogen-bond donors (Lipinski definition) is 1. The lowest BCUT2D eigenvalue weighted by Crippen LogP contribution is -2.24. The monoisotopic (exact) mass is 221 g/mol. The molecular weight excluding hydrogens is 198 g/mol. The zero-order valence-electron chi connectivity index (χ0n) is 10.8. The minimum atomic E-state index is 0.315. The van der Waals surface area contributed by atoms with Crippen LogP contribution in [0.25, 0.3) is 0 Å². The zero-order chi connectivity index (χ0) is 12.0.